The van der Waals surface area contributed by atoms with Crippen molar-refractivity contribution in [1.82, 2.24) is 14.8 Å². The van der Waals surface area contributed by atoms with Crippen molar-refractivity contribution in [3.63, 3.8) is 0 Å². The Hall–Kier alpha value is -1.91. The third-order valence-electron chi connectivity index (χ3n) is 3.59. The maximum Gasteiger partial charge on any atom is 0.246 e. The summed E-state index contributed by atoms with van der Waals surface area (Å²) in [6.45, 7) is 1.41. The van der Waals surface area contributed by atoms with Crippen molar-refractivity contribution in [3.05, 3.63) is 30.1 Å². The number of rotatable bonds is 2. The molecule has 2 saturated heterocycles. The van der Waals surface area contributed by atoms with Crippen LogP contribution in [0.25, 0.3) is 0 Å². The number of carbonyl (C=O) groups is 2. The van der Waals surface area contributed by atoms with Gasteiger partial charge in [-0.05, 0) is 24.5 Å². The second-order valence-electron chi connectivity index (χ2n) is 4.80. The fourth-order valence-corrected chi connectivity index (χ4v) is 2.71. The molecule has 2 amide bonds. The molecule has 1 atom stereocenters. The molecule has 0 aliphatic carbocycles. The summed E-state index contributed by atoms with van der Waals surface area (Å²) in [5.74, 6) is 0.150. The van der Waals surface area contributed by atoms with Crippen molar-refractivity contribution in [2.24, 2.45) is 0 Å². The van der Waals surface area contributed by atoms with Gasteiger partial charge < -0.3 is 9.80 Å². The quantitative estimate of drug-likeness (QED) is 0.758. The van der Waals surface area contributed by atoms with E-state index in [0.29, 0.717) is 6.54 Å². The first kappa shape index (κ1) is 11.2. The van der Waals surface area contributed by atoms with Gasteiger partial charge in [0, 0.05) is 25.5 Å². The van der Waals surface area contributed by atoms with E-state index >= 15 is 0 Å². The Morgan fingerprint density at radius 1 is 1.39 bits per heavy atom. The molecule has 1 aromatic heterocycles. The fourth-order valence-electron chi connectivity index (χ4n) is 2.71. The van der Waals surface area contributed by atoms with E-state index in [1.807, 2.05) is 12.1 Å². The highest BCUT2D eigenvalue weighted by molar-refractivity contribution is 5.95. The van der Waals surface area contributed by atoms with Crippen LogP contribution in [0, 0.1) is 0 Å². The number of nitrogens with zero attached hydrogens (tertiary/aromatic N) is 3. The maximum absolute atomic E-state index is 12.3. The van der Waals surface area contributed by atoms with Crippen LogP contribution >= 0.6 is 0 Å². The number of piperazine rings is 1. The van der Waals surface area contributed by atoms with Gasteiger partial charge in [-0.15, -0.1) is 0 Å². The Balaban J connectivity index is 1.77. The Morgan fingerprint density at radius 2 is 2.28 bits per heavy atom. The molecule has 94 valence electrons. The molecule has 0 aromatic carbocycles. The largest absolute Gasteiger partial charge is 0.329 e. The van der Waals surface area contributed by atoms with Crippen LogP contribution in [-0.4, -0.2) is 45.7 Å². The summed E-state index contributed by atoms with van der Waals surface area (Å²) in [6, 6.07) is 3.54. The van der Waals surface area contributed by atoms with Crippen LogP contribution in [0.2, 0.25) is 0 Å². The standard InChI is InChI=1S/C13H15N3O2/c17-12-9-15(8-10-3-1-5-14-7-10)13(18)11-4-2-6-16(11)12/h1,3,5,7,11H,2,4,6,8-9H2. The van der Waals surface area contributed by atoms with E-state index in [1.165, 1.54) is 0 Å². The molecule has 1 aromatic rings. The highest BCUT2D eigenvalue weighted by Crippen LogP contribution is 2.24. The van der Waals surface area contributed by atoms with Crippen LogP contribution in [0.3, 0.4) is 0 Å². The van der Waals surface area contributed by atoms with E-state index in [1.54, 1.807) is 22.2 Å². The average molecular weight is 245 g/mol. The van der Waals surface area contributed by atoms with Crippen molar-refractivity contribution in [3.8, 4) is 0 Å². The van der Waals surface area contributed by atoms with Crippen LogP contribution in [0.1, 0.15) is 18.4 Å². The molecule has 2 aliphatic heterocycles. The van der Waals surface area contributed by atoms with Gasteiger partial charge >= 0.3 is 0 Å². The molecule has 2 fully saturated rings. The lowest BCUT2D eigenvalue weighted by molar-refractivity contribution is -0.154. The van der Waals surface area contributed by atoms with Gasteiger partial charge in [-0.25, -0.2) is 0 Å². The predicted octanol–water partition coefficient (Wildman–Crippen LogP) is 0.415. The molecule has 0 bridgehead atoms. The highest BCUT2D eigenvalue weighted by atomic mass is 16.2. The zero-order valence-electron chi connectivity index (χ0n) is 10.1. The van der Waals surface area contributed by atoms with Crippen LogP contribution < -0.4 is 0 Å². The molecular weight excluding hydrogens is 230 g/mol. The number of pyridine rings is 1. The third kappa shape index (κ3) is 1.85. The second kappa shape index (κ2) is 4.40. The Bertz CT molecular complexity index is 474. The molecule has 5 nitrogen and oxygen atoms in total. The summed E-state index contributed by atoms with van der Waals surface area (Å²) in [4.78, 5) is 31.6. The Morgan fingerprint density at radius 3 is 3.06 bits per heavy atom. The van der Waals surface area contributed by atoms with E-state index < -0.39 is 0 Å². The minimum absolute atomic E-state index is 0.0704. The van der Waals surface area contributed by atoms with Gasteiger partial charge in [0.15, 0.2) is 0 Å². The molecule has 3 rings (SSSR count). The monoisotopic (exact) mass is 245 g/mol. The summed E-state index contributed by atoms with van der Waals surface area (Å²) in [5, 5.41) is 0. The van der Waals surface area contributed by atoms with Crippen LogP contribution in [0.5, 0.6) is 0 Å². The number of hydrogen-bond donors (Lipinski definition) is 0. The minimum Gasteiger partial charge on any atom is -0.329 e. The molecule has 2 aliphatic rings. The van der Waals surface area contributed by atoms with Gasteiger partial charge in [0.1, 0.15) is 12.6 Å². The van der Waals surface area contributed by atoms with Crippen molar-refractivity contribution in [1.29, 1.82) is 0 Å². The maximum atomic E-state index is 12.3. The molecule has 18 heavy (non-hydrogen) atoms. The van der Waals surface area contributed by atoms with Gasteiger partial charge in [-0.2, -0.15) is 0 Å². The lowest BCUT2D eigenvalue weighted by atomic mass is 10.1. The topological polar surface area (TPSA) is 53.5 Å². The van der Waals surface area contributed by atoms with Crippen molar-refractivity contribution in [2.45, 2.75) is 25.4 Å². The normalized spacial score (nSPS) is 23.4. The van der Waals surface area contributed by atoms with Crippen molar-refractivity contribution >= 4 is 11.8 Å². The average Bonchev–Trinajstić information content (AvgIpc) is 2.87. The molecule has 3 heterocycles. The van der Waals surface area contributed by atoms with Gasteiger partial charge in [0.2, 0.25) is 11.8 Å². The Labute approximate surface area is 105 Å². The SMILES string of the molecule is O=C1C2CCCN2C(=O)CN1Cc1cccnc1. The molecule has 0 saturated carbocycles. The smallest absolute Gasteiger partial charge is 0.246 e. The zero-order chi connectivity index (χ0) is 12.5. The lowest BCUT2D eigenvalue weighted by Gasteiger charge is -2.36. The molecular formula is C13H15N3O2. The zero-order valence-corrected chi connectivity index (χ0v) is 10.1. The van der Waals surface area contributed by atoms with E-state index in [0.717, 1.165) is 24.9 Å². The van der Waals surface area contributed by atoms with E-state index in [9.17, 15) is 9.59 Å². The van der Waals surface area contributed by atoms with Crippen LogP contribution in [0.15, 0.2) is 24.5 Å². The molecule has 0 N–H and O–H groups in total. The predicted molar refractivity (Wildman–Crippen MR) is 64.4 cm³/mol. The second-order valence-corrected chi connectivity index (χ2v) is 4.80. The third-order valence-corrected chi connectivity index (χ3v) is 3.59. The molecule has 0 radical (unpaired) electrons. The van der Waals surface area contributed by atoms with Gasteiger partial charge in [0.25, 0.3) is 0 Å². The Kier molecular flexibility index (Phi) is 2.74. The number of carbonyl (C=O) groups excluding carboxylic acids is 2. The highest BCUT2D eigenvalue weighted by Gasteiger charge is 2.41. The van der Waals surface area contributed by atoms with Crippen molar-refractivity contribution < 1.29 is 9.59 Å². The minimum atomic E-state index is -0.220. The first-order chi connectivity index (χ1) is 8.75. The number of fused-ring (bicyclic) bond motifs is 1. The number of amides is 2. The van der Waals surface area contributed by atoms with E-state index in [2.05, 4.69) is 4.98 Å². The van der Waals surface area contributed by atoms with Crippen LogP contribution in [-0.2, 0) is 16.1 Å². The summed E-state index contributed by atoms with van der Waals surface area (Å²) >= 11 is 0. The van der Waals surface area contributed by atoms with Gasteiger partial charge in [0.05, 0.1) is 0 Å². The van der Waals surface area contributed by atoms with Crippen molar-refractivity contribution in [2.75, 3.05) is 13.1 Å². The first-order valence-electron chi connectivity index (χ1n) is 6.23. The summed E-state index contributed by atoms with van der Waals surface area (Å²) in [7, 11) is 0. The molecule has 1 unspecified atom stereocenters. The fraction of sp³-hybridized carbons (Fsp3) is 0.462. The number of aromatic nitrogens is 1. The first-order valence-corrected chi connectivity index (χ1v) is 6.23. The summed E-state index contributed by atoms with van der Waals surface area (Å²) in [5.41, 5.74) is 0.963. The summed E-state index contributed by atoms with van der Waals surface area (Å²) < 4.78 is 0. The molecule has 0 spiro atoms. The number of hydrogen-bond acceptors (Lipinski definition) is 3. The lowest BCUT2D eigenvalue weighted by Crippen LogP contribution is -2.56. The van der Waals surface area contributed by atoms with E-state index in [-0.39, 0.29) is 24.4 Å². The summed E-state index contributed by atoms with van der Waals surface area (Å²) in [6.07, 6.45) is 5.17. The van der Waals surface area contributed by atoms with Gasteiger partial charge in [-0.1, -0.05) is 6.07 Å². The van der Waals surface area contributed by atoms with Gasteiger partial charge in [-0.3, -0.25) is 14.6 Å². The molecule has 5 heteroatoms. The van der Waals surface area contributed by atoms with E-state index in [4.69, 9.17) is 0 Å². The van der Waals surface area contributed by atoms with Crippen LogP contribution in [0.4, 0.5) is 0 Å².